The molecule has 0 bridgehead atoms. The van der Waals surface area contributed by atoms with Crippen molar-refractivity contribution >= 4 is 11.8 Å². The first kappa shape index (κ1) is 24.5. The number of hydrogen-bond donors (Lipinski definition) is 1. The molecule has 5 heteroatoms. The average Bonchev–Trinajstić information content (AvgIpc) is 3.12. The summed E-state index contributed by atoms with van der Waals surface area (Å²) in [7, 11) is 0. The number of rotatable bonds is 5. The lowest BCUT2D eigenvalue weighted by atomic mass is 10.1. The number of para-hydroxylation sites is 1. The lowest BCUT2D eigenvalue weighted by molar-refractivity contribution is 0.183. The summed E-state index contributed by atoms with van der Waals surface area (Å²) in [6.45, 7) is 6.39. The van der Waals surface area contributed by atoms with Crippen LogP contribution in [0.1, 0.15) is 43.4 Å². The van der Waals surface area contributed by atoms with Gasteiger partial charge in [0.25, 0.3) is 0 Å². The van der Waals surface area contributed by atoms with E-state index in [9.17, 15) is 0 Å². The molecular formula is C29H35NO3S. The number of benzene rings is 2. The fraction of sp³-hybridized carbons (Fsp3) is 0.379. The highest BCUT2D eigenvalue weighted by atomic mass is 32.2. The van der Waals surface area contributed by atoms with E-state index in [1.54, 1.807) is 12.2 Å². The zero-order valence-corrected chi connectivity index (χ0v) is 20.8. The SMILES string of the molecule is CC1Oc2ccccc2S[C@@H]1c1ccc(OCCN2CCCCC2)cc1.OC1=CC=CCC=C1. The van der Waals surface area contributed by atoms with E-state index in [1.807, 2.05) is 42.1 Å². The van der Waals surface area contributed by atoms with Gasteiger partial charge >= 0.3 is 0 Å². The smallest absolute Gasteiger partial charge is 0.133 e. The molecule has 1 saturated heterocycles. The van der Waals surface area contributed by atoms with Crippen LogP contribution in [0.2, 0.25) is 0 Å². The van der Waals surface area contributed by atoms with E-state index in [4.69, 9.17) is 14.6 Å². The number of ether oxygens (including phenoxy) is 2. The van der Waals surface area contributed by atoms with Crippen LogP contribution >= 0.6 is 11.8 Å². The third-order valence-corrected chi connectivity index (χ3v) is 7.64. The monoisotopic (exact) mass is 477 g/mol. The zero-order valence-electron chi connectivity index (χ0n) is 19.9. The number of allylic oxidation sites excluding steroid dienone is 5. The number of hydrogen-bond acceptors (Lipinski definition) is 5. The highest BCUT2D eigenvalue weighted by Gasteiger charge is 2.28. The van der Waals surface area contributed by atoms with E-state index in [0.29, 0.717) is 11.0 Å². The molecular weight excluding hydrogens is 442 g/mol. The van der Waals surface area contributed by atoms with E-state index in [-0.39, 0.29) is 6.10 Å². The summed E-state index contributed by atoms with van der Waals surface area (Å²) in [6, 6.07) is 16.8. The van der Waals surface area contributed by atoms with Gasteiger partial charge in [0.15, 0.2) is 0 Å². The second-order valence-corrected chi connectivity index (χ2v) is 9.97. The van der Waals surface area contributed by atoms with Crippen molar-refractivity contribution in [2.45, 2.75) is 48.9 Å². The fourth-order valence-electron chi connectivity index (χ4n) is 4.28. The van der Waals surface area contributed by atoms with Crippen molar-refractivity contribution < 1.29 is 14.6 Å². The molecule has 2 aromatic carbocycles. The van der Waals surface area contributed by atoms with Crippen molar-refractivity contribution in [2.75, 3.05) is 26.2 Å². The predicted octanol–water partition coefficient (Wildman–Crippen LogP) is 7.11. The van der Waals surface area contributed by atoms with Crippen molar-refractivity contribution in [1.82, 2.24) is 4.90 Å². The van der Waals surface area contributed by atoms with Gasteiger partial charge in [-0.05, 0) is 81.3 Å². The van der Waals surface area contributed by atoms with Crippen LogP contribution in [-0.2, 0) is 0 Å². The van der Waals surface area contributed by atoms with Crippen molar-refractivity contribution in [2.24, 2.45) is 0 Å². The second kappa shape index (κ2) is 12.7. The minimum atomic E-state index is 0.153. The Morgan fingerprint density at radius 3 is 2.65 bits per heavy atom. The maximum absolute atomic E-state index is 8.81. The first-order valence-corrected chi connectivity index (χ1v) is 13.2. The van der Waals surface area contributed by atoms with Gasteiger partial charge in [-0.2, -0.15) is 0 Å². The summed E-state index contributed by atoms with van der Waals surface area (Å²) >= 11 is 1.89. The molecule has 1 fully saturated rings. The van der Waals surface area contributed by atoms with Crippen LogP contribution in [0.25, 0.3) is 0 Å². The van der Waals surface area contributed by atoms with Crippen molar-refractivity contribution in [3.8, 4) is 11.5 Å². The zero-order chi connectivity index (χ0) is 23.6. The highest BCUT2D eigenvalue weighted by Crippen LogP contribution is 2.47. The molecule has 2 aliphatic heterocycles. The molecule has 0 aromatic heterocycles. The quantitative estimate of drug-likeness (QED) is 0.497. The summed E-state index contributed by atoms with van der Waals surface area (Å²) in [5.41, 5.74) is 1.29. The predicted molar refractivity (Wildman–Crippen MR) is 141 cm³/mol. The van der Waals surface area contributed by atoms with Gasteiger partial charge in [0.2, 0.25) is 0 Å². The molecule has 3 aliphatic rings. The Bertz CT molecular complexity index is 993. The Balaban J connectivity index is 0.000000291. The maximum Gasteiger partial charge on any atom is 0.133 e. The number of aliphatic hydroxyl groups is 1. The molecule has 2 heterocycles. The standard InChI is InChI=1S/C22H27NO2S.C7H8O/c1-17-22(26-21-8-4-3-7-20(21)25-17)18-9-11-19(12-10-18)24-16-15-23-13-5-2-6-14-23;8-7-5-3-1-2-4-6-7/h3-4,7-12,17,22H,2,5-6,13-16H2,1H3;1,3-6,8H,2H2/t17?,22-;/m0./s1. The van der Waals surface area contributed by atoms with Gasteiger partial charge in [0, 0.05) is 6.54 Å². The third-order valence-electron chi connectivity index (χ3n) is 6.14. The van der Waals surface area contributed by atoms with Crippen LogP contribution in [-0.4, -0.2) is 42.4 Å². The van der Waals surface area contributed by atoms with Crippen LogP contribution in [0.15, 0.2) is 89.6 Å². The Morgan fingerprint density at radius 1 is 1.03 bits per heavy atom. The molecule has 1 N–H and O–H groups in total. The summed E-state index contributed by atoms with van der Waals surface area (Å²) in [5, 5.41) is 9.12. The van der Waals surface area contributed by atoms with Crippen LogP contribution < -0.4 is 9.47 Å². The van der Waals surface area contributed by atoms with E-state index >= 15 is 0 Å². The lowest BCUT2D eigenvalue weighted by Crippen LogP contribution is -2.33. The largest absolute Gasteiger partial charge is 0.508 e. The van der Waals surface area contributed by atoms with E-state index in [0.717, 1.165) is 31.1 Å². The topological polar surface area (TPSA) is 41.9 Å². The van der Waals surface area contributed by atoms with Crippen molar-refractivity contribution in [3.63, 3.8) is 0 Å². The van der Waals surface area contributed by atoms with Gasteiger partial charge in [-0.25, -0.2) is 0 Å². The van der Waals surface area contributed by atoms with E-state index in [2.05, 4.69) is 48.2 Å². The number of aliphatic hydroxyl groups excluding tert-OH is 1. The summed E-state index contributed by atoms with van der Waals surface area (Å²) in [5.74, 6) is 2.29. The molecule has 2 atom stereocenters. The molecule has 1 aliphatic carbocycles. The summed E-state index contributed by atoms with van der Waals surface area (Å²) in [6.07, 6.45) is 14.2. The van der Waals surface area contributed by atoms with E-state index in [1.165, 1.54) is 42.8 Å². The molecule has 34 heavy (non-hydrogen) atoms. The Hall–Kier alpha value is -2.63. The van der Waals surface area contributed by atoms with Crippen LogP contribution in [0.5, 0.6) is 11.5 Å². The van der Waals surface area contributed by atoms with Gasteiger partial charge in [-0.3, -0.25) is 4.90 Å². The molecule has 0 spiro atoms. The van der Waals surface area contributed by atoms with Crippen LogP contribution in [0.4, 0.5) is 0 Å². The molecule has 0 amide bonds. The number of nitrogens with zero attached hydrogens (tertiary/aromatic N) is 1. The maximum atomic E-state index is 8.81. The molecule has 4 nitrogen and oxygen atoms in total. The van der Waals surface area contributed by atoms with Crippen LogP contribution in [0, 0.1) is 0 Å². The average molecular weight is 478 g/mol. The van der Waals surface area contributed by atoms with Gasteiger partial charge in [0.1, 0.15) is 30.0 Å². The Morgan fingerprint density at radius 2 is 1.82 bits per heavy atom. The summed E-state index contributed by atoms with van der Waals surface area (Å²) < 4.78 is 12.1. The lowest BCUT2D eigenvalue weighted by Gasteiger charge is -2.31. The number of fused-ring (bicyclic) bond motifs is 1. The minimum absolute atomic E-state index is 0.153. The van der Waals surface area contributed by atoms with Crippen LogP contribution in [0.3, 0.4) is 0 Å². The van der Waals surface area contributed by atoms with Gasteiger partial charge in [-0.1, -0.05) is 48.9 Å². The molecule has 2 aromatic rings. The normalized spacial score (nSPS) is 21.9. The molecule has 0 saturated carbocycles. The Kier molecular flexibility index (Phi) is 9.17. The Labute approximate surface area is 208 Å². The van der Waals surface area contributed by atoms with Gasteiger partial charge < -0.3 is 14.6 Å². The van der Waals surface area contributed by atoms with Crippen molar-refractivity contribution in [1.29, 1.82) is 0 Å². The van der Waals surface area contributed by atoms with E-state index < -0.39 is 0 Å². The molecule has 1 unspecified atom stereocenters. The third kappa shape index (κ3) is 7.18. The first-order valence-electron chi connectivity index (χ1n) is 12.3. The number of thioether (sulfide) groups is 1. The molecule has 0 radical (unpaired) electrons. The van der Waals surface area contributed by atoms with Gasteiger partial charge in [0.05, 0.1) is 10.1 Å². The molecule has 180 valence electrons. The minimum Gasteiger partial charge on any atom is -0.508 e. The fourth-order valence-corrected chi connectivity index (χ4v) is 5.48. The van der Waals surface area contributed by atoms with Crippen molar-refractivity contribution in [3.05, 3.63) is 90.2 Å². The molecule has 5 rings (SSSR count). The second-order valence-electron chi connectivity index (χ2n) is 8.79. The first-order chi connectivity index (χ1) is 16.7. The summed E-state index contributed by atoms with van der Waals surface area (Å²) in [4.78, 5) is 3.73. The van der Waals surface area contributed by atoms with Gasteiger partial charge in [-0.15, -0.1) is 11.8 Å². The number of likely N-dealkylation sites (tertiary alicyclic amines) is 1. The highest BCUT2D eigenvalue weighted by molar-refractivity contribution is 7.99. The number of piperidine rings is 1.